The minimum Gasteiger partial charge on any atom is -0.0724 e. The van der Waals surface area contributed by atoms with Crippen LogP contribution in [-0.4, -0.2) is 70.4 Å². The Morgan fingerprint density at radius 2 is 0.931 bits per heavy atom. The van der Waals surface area contributed by atoms with E-state index in [9.17, 15) is 0 Å². The van der Waals surface area contributed by atoms with Crippen molar-refractivity contribution in [3.63, 3.8) is 0 Å². The molecule has 0 aromatic heterocycles. The molecule has 0 aliphatic rings. The molecule has 29 heavy (non-hydrogen) atoms. The standard InChI is InChI=1S/C21H58Si8/c1-23(2)18-29(19-24(3)4,20-25(5)6)17-15-13-14-16-22-21(26(7)8,27(9)10)28(11)12/h23-28H,13-20H2,1-12H3. The molecule has 0 unspecified atom stereocenters. The monoisotopic (exact) mass is 534 g/mol. The van der Waals surface area contributed by atoms with Gasteiger partial charge in [-0.1, -0.05) is 131 Å². The third kappa shape index (κ3) is 10.9. The topological polar surface area (TPSA) is 0 Å². The maximum atomic E-state index is 2.69. The van der Waals surface area contributed by atoms with Gasteiger partial charge in [-0.15, -0.1) is 0 Å². The van der Waals surface area contributed by atoms with Crippen LogP contribution in [0.1, 0.15) is 19.3 Å². The molecule has 0 N–H and O–H groups in total. The van der Waals surface area contributed by atoms with Gasteiger partial charge >= 0.3 is 0 Å². The molecule has 0 saturated heterocycles. The summed E-state index contributed by atoms with van der Waals surface area (Å²) in [6.45, 7) is 32.0. The summed E-state index contributed by atoms with van der Waals surface area (Å²) in [6.07, 6.45) is 4.73. The van der Waals surface area contributed by atoms with Gasteiger partial charge in [0.05, 0.1) is 0 Å². The Balaban J connectivity index is 4.82. The van der Waals surface area contributed by atoms with Crippen molar-refractivity contribution in [2.45, 2.75) is 131 Å². The Morgan fingerprint density at radius 1 is 0.552 bits per heavy atom. The fourth-order valence-electron chi connectivity index (χ4n) is 6.87. The van der Waals surface area contributed by atoms with Crippen LogP contribution < -0.4 is 0 Å². The molecule has 0 aromatic carbocycles. The van der Waals surface area contributed by atoms with E-state index < -0.39 is 60.9 Å². The molecule has 0 nitrogen and oxygen atoms in total. The summed E-state index contributed by atoms with van der Waals surface area (Å²) in [5.41, 5.74) is 5.35. The predicted octanol–water partition coefficient (Wildman–Crippen LogP) is 6.04. The highest BCUT2D eigenvalue weighted by Crippen LogP contribution is 2.37. The van der Waals surface area contributed by atoms with Crippen LogP contribution in [0.15, 0.2) is 0 Å². The van der Waals surface area contributed by atoms with Crippen LogP contribution in [0.25, 0.3) is 0 Å². The van der Waals surface area contributed by atoms with Crippen molar-refractivity contribution in [2.24, 2.45) is 0 Å². The molecule has 0 bridgehead atoms. The zero-order valence-corrected chi connectivity index (χ0v) is 31.5. The van der Waals surface area contributed by atoms with Crippen molar-refractivity contribution in [1.82, 2.24) is 0 Å². The summed E-state index contributed by atoms with van der Waals surface area (Å²) in [5, 5.41) is 0. The summed E-state index contributed by atoms with van der Waals surface area (Å²) < 4.78 is 0.980. The lowest BCUT2D eigenvalue weighted by Crippen LogP contribution is -2.51. The van der Waals surface area contributed by atoms with Gasteiger partial charge in [-0.25, -0.2) is 0 Å². The number of hydrogen-bond acceptors (Lipinski definition) is 0. The molecule has 0 amide bonds. The van der Waals surface area contributed by atoms with Gasteiger partial charge < -0.3 is 0 Å². The first-order chi connectivity index (χ1) is 13.3. The largest absolute Gasteiger partial charge is 0.0724 e. The van der Waals surface area contributed by atoms with Crippen molar-refractivity contribution in [1.29, 1.82) is 0 Å². The van der Waals surface area contributed by atoms with Crippen molar-refractivity contribution in [3.05, 3.63) is 0 Å². The van der Waals surface area contributed by atoms with Crippen molar-refractivity contribution < 1.29 is 0 Å². The van der Waals surface area contributed by atoms with E-state index in [0.717, 1.165) is 3.91 Å². The molecule has 0 aromatic rings. The molecule has 2 radical (unpaired) electrons. The average molecular weight is 535 g/mol. The van der Waals surface area contributed by atoms with Gasteiger partial charge in [-0.2, -0.15) is 0 Å². The maximum absolute atomic E-state index is 2.69. The highest BCUT2D eigenvalue weighted by Gasteiger charge is 2.41. The van der Waals surface area contributed by atoms with Gasteiger partial charge in [0.25, 0.3) is 0 Å². The van der Waals surface area contributed by atoms with Gasteiger partial charge in [-0.3, -0.25) is 0 Å². The van der Waals surface area contributed by atoms with Gasteiger partial charge in [0, 0.05) is 70.4 Å². The molecular weight excluding hydrogens is 477 g/mol. The van der Waals surface area contributed by atoms with E-state index in [1.807, 2.05) is 0 Å². The van der Waals surface area contributed by atoms with Crippen LogP contribution in [0.5, 0.6) is 0 Å². The van der Waals surface area contributed by atoms with Crippen LogP contribution in [0.4, 0.5) is 0 Å². The average Bonchev–Trinajstić information content (AvgIpc) is 2.50. The summed E-state index contributed by atoms with van der Waals surface area (Å²) in [4.78, 5) is 0. The predicted molar refractivity (Wildman–Crippen MR) is 165 cm³/mol. The summed E-state index contributed by atoms with van der Waals surface area (Å²) >= 11 is 0. The van der Waals surface area contributed by atoms with Gasteiger partial charge in [0.2, 0.25) is 0 Å². The van der Waals surface area contributed by atoms with Crippen molar-refractivity contribution >= 4 is 70.4 Å². The lowest BCUT2D eigenvalue weighted by atomic mass is 10.3. The number of rotatable bonds is 16. The molecule has 0 aliphatic heterocycles. The number of hydrogen-bond donors (Lipinski definition) is 0. The van der Waals surface area contributed by atoms with E-state index in [1.54, 1.807) is 48.4 Å². The van der Waals surface area contributed by atoms with E-state index >= 15 is 0 Å². The summed E-state index contributed by atoms with van der Waals surface area (Å²) in [5.74, 6) is 0. The third-order valence-corrected chi connectivity index (χ3v) is 54.8. The minimum absolute atomic E-state index is 0.414. The first-order valence-corrected chi connectivity index (χ1v) is 35.1. The van der Waals surface area contributed by atoms with Crippen LogP contribution >= 0.6 is 0 Å². The van der Waals surface area contributed by atoms with E-state index in [1.165, 1.54) is 9.52 Å². The Morgan fingerprint density at radius 3 is 1.24 bits per heavy atom. The van der Waals surface area contributed by atoms with E-state index in [2.05, 4.69) is 78.6 Å². The van der Waals surface area contributed by atoms with E-state index in [-0.39, 0.29) is 0 Å². The van der Waals surface area contributed by atoms with Crippen LogP contribution in [0.2, 0.25) is 112 Å². The summed E-state index contributed by atoms with van der Waals surface area (Å²) in [6, 6.07) is 3.31. The second-order valence-electron chi connectivity index (χ2n) is 12.4. The molecule has 0 rings (SSSR count). The first-order valence-electron chi connectivity index (χ1n) is 13.0. The molecule has 0 fully saturated rings. The molecule has 0 spiro atoms. The molecule has 0 atom stereocenters. The Labute approximate surface area is 200 Å². The Bertz CT molecular complexity index is 373. The first kappa shape index (κ1) is 30.7. The molecule has 0 heterocycles. The second kappa shape index (κ2) is 14.8. The smallest absolute Gasteiger partial charge is 0.0449 e. The lowest BCUT2D eigenvalue weighted by Gasteiger charge is -2.43. The fraction of sp³-hybridized carbons (Fsp3) is 1.00. The number of unbranched alkanes of at least 4 members (excludes halogenated alkanes) is 2. The Kier molecular flexibility index (Phi) is 15.7. The van der Waals surface area contributed by atoms with Crippen molar-refractivity contribution in [2.75, 3.05) is 0 Å². The van der Waals surface area contributed by atoms with Gasteiger partial charge in [0.15, 0.2) is 0 Å². The highest BCUT2D eigenvalue weighted by molar-refractivity contribution is 7.08. The summed E-state index contributed by atoms with van der Waals surface area (Å²) in [7, 11) is -2.38. The van der Waals surface area contributed by atoms with Crippen LogP contribution in [-0.2, 0) is 0 Å². The maximum Gasteiger partial charge on any atom is 0.0449 e. The Hall–Kier alpha value is 1.74. The molecule has 0 saturated carbocycles. The van der Waals surface area contributed by atoms with Crippen molar-refractivity contribution in [3.8, 4) is 0 Å². The SMILES string of the molecule is C[SiH](C)C[Si](CCCCC[Si]C([SiH](C)C)([SiH](C)C)[SiH](C)C)(C[SiH](C)C)C[SiH](C)C. The second-order valence-corrected chi connectivity index (χ2v) is 44.4. The van der Waals surface area contributed by atoms with Crippen LogP contribution in [0, 0.1) is 0 Å². The molecule has 174 valence electrons. The lowest BCUT2D eigenvalue weighted by molar-refractivity contribution is 0.757. The zero-order chi connectivity index (χ0) is 22.8. The quantitative estimate of drug-likeness (QED) is 0.167. The van der Waals surface area contributed by atoms with E-state index in [0.29, 0.717) is 0 Å². The zero-order valence-electron chi connectivity index (χ0n) is 22.6. The molecular formula is C21H58Si8. The van der Waals surface area contributed by atoms with Crippen LogP contribution in [0.3, 0.4) is 0 Å². The normalized spacial score (nSPS) is 13.9. The van der Waals surface area contributed by atoms with Gasteiger partial charge in [-0.05, 0) is 0 Å². The molecule has 0 aliphatic carbocycles. The minimum atomic E-state index is -0.927. The highest BCUT2D eigenvalue weighted by atomic mass is 28.4. The fourth-order valence-corrected chi connectivity index (χ4v) is 60.7. The third-order valence-electron chi connectivity index (χ3n) is 7.20. The van der Waals surface area contributed by atoms with E-state index in [4.69, 9.17) is 0 Å². The van der Waals surface area contributed by atoms with Gasteiger partial charge in [0.1, 0.15) is 0 Å². The molecule has 8 heteroatoms.